The first-order valence-corrected chi connectivity index (χ1v) is 6.64. The summed E-state index contributed by atoms with van der Waals surface area (Å²) in [6, 6.07) is 6.61. The van der Waals surface area contributed by atoms with E-state index in [1.54, 1.807) is 25.1 Å². The van der Waals surface area contributed by atoms with Crippen LogP contribution in [0.2, 0.25) is 0 Å². The Morgan fingerprint density at radius 2 is 2.06 bits per heavy atom. The van der Waals surface area contributed by atoms with Gasteiger partial charge in [0.2, 0.25) is 0 Å². The van der Waals surface area contributed by atoms with Crippen molar-refractivity contribution in [3.05, 3.63) is 48.0 Å². The Hall–Kier alpha value is -1.22. The number of ketones is 1. The number of benzene rings is 1. The van der Waals surface area contributed by atoms with Gasteiger partial charge in [-0.15, -0.1) is 6.58 Å². The van der Waals surface area contributed by atoms with Crippen LogP contribution in [0.1, 0.15) is 22.8 Å². The summed E-state index contributed by atoms with van der Waals surface area (Å²) in [6.07, 6.45) is 1.01. The normalized spacial score (nSPS) is 15.1. The van der Waals surface area contributed by atoms with Crippen LogP contribution in [0.25, 0.3) is 0 Å². The maximum Gasteiger partial charge on any atom is 0.342 e. The lowest BCUT2D eigenvalue weighted by molar-refractivity contribution is 0.0954. The van der Waals surface area contributed by atoms with Crippen LogP contribution in [0.5, 0.6) is 0 Å². The van der Waals surface area contributed by atoms with Crippen LogP contribution in [0, 0.1) is 6.92 Å². The number of carbonyl (C=O) groups excluding carboxylic acids is 1. The summed E-state index contributed by atoms with van der Waals surface area (Å²) in [5, 5.41) is -1.87. The van der Waals surface area contributed by atoms with Crippen molar-refractivity contribution in [3.8, 4) is 0 Å². The third-order valence-corrected chi connectivity index (χ3v) is 4.34. The molecule has 1 atom stereocenters. The van der Waals surface area contributed by atoms with E-state index in [4.69, 9.17) is 0 Å². The highest BCUT2D eigenvalue weighted by Gasteiger charge is 2.46. The van der Waals surface area contributed by atoms with Gasteiger partial charge in [-0.2, -0.15) is 0 Å². The number of hydrogen-bond donors (Lipinski definition) is 2. The molecule has 4 nitrogen and oxygen atoms in total. The number of Topliss-reactive ketones (excluding diaryl/α,β-unsaturated/α-hetero) is 1. The van der Waals surface area contributed by atoms with Crippen molar-refractivity contribution < 1.29 is 19.1 Å². The number of carbonyl (C=O) groups is 1. The molecular weight excluding hydrogens is 239 g/mol. The van der Waals surface area contributed by atoms with Crippen LogP contribution >= 0.6 is 7.60 Å². The molecule has 92 valence electrons. The van der Waals surface area contributed by atoms with Crippen molar-refractivity contribution in [1.82, 2.24) is 0 Å². The zero-order valence-electron chi connectivity index (χ0n) is 9.75. The Morgan fingerprint density at radius 1 is 1.47 bits per heavy atom. The van der Waals surface area contributed by atoms with Gasteiger partial charge in [-0.3, -0.25) is 9.36 Å². The first-order chi connectivity index (χ1) is 7.72. The predicted molar refractivity (Wildman–Crippen MR) is 66.2 cm³/mol. The highest BCUT2D eigenvalue weighted by molar-refractivity contribution is 7.55. The molecule has 0 aliphatic rings. The molecule has 0 aliphatic carbocycles. The van der Waals surface area contributed by atoms with E-state index >= 15 is 0 Å². The Kier molecular flexibility index (Phi) is 3.72. The third kappa shape index (κ3) is 2.55. The minimum atomic E-state index is -4.59. The zero-order valence-corrected chi connectivity index (χ0v) is 10.6. The molecule has 0 aromatic heterocycles. The standard InChI is InChI=1S/C12H15O4P/c1-4-12(3,17(14,15)16)11(13)10-7-5-6-9(2)8-10/h4-8H,1H2,2-3H3,(H2,14,15,16). The minimum Gasteiger partial charge on any atom is -0.324 e. The average molecular weight is 254 g/mol. The van der Waals surface area contributed by atoms with Gasteiger partial charge in [0.25, 0.3) is 0 Å². The summed E-state index contributed by atoms with van der Waals surface area (Å²) in [5.74, 6) is -0.621. The fourth-order valence-electron chi connectivity index (χ4n) is 1.42. The van der Waals surface area contributed by atoms with Gasteiger partial charge in [0, 0.05) is 5.56 Å². The van der Waals surface area contributed by atoms with Gasteiger partial charge in [-0.05, 0) is 19.9 Å². The van der Waals surface area contributed by atoms with Gasteiger partial charge in [0.15, 0.2) is 5.78 Å². The molecule has 1 aromatic rings. The number of allylic oxidation sites excluding steroid dienone is 1. The van der Waals surface area contributed by atoms with Crippen LogP contribution in [-0.2, 0) is 4.57 Å². The molecule has 0 saturated carbocycles. The molecule has 0 aliphatic heterocycles. The van der Waals surface area contributed by atoms with Crippen molar-refractivity contribution in [3.63, 3.8) is 0 Å². The highest BCUT2D eigenvalue weighted by atomic mass is 31.2. The van der Waals surface area contributed by atoms with Gasteiger partial charge < -0.3 is 9.79 Å². The second kappa shape index (κ2) is 4.57. The minimum absolute atomic E-state index is 0.274. The van der Waals surface area contributed by atoms with Crippen molar-refractivity contribution in [2.45, 2.75) is 19.0 Å². The molecule has 5 heteroatoms. The summed E-state index contributed by atoms with van der Waals surface area (Å²) in [5.41, 5.74) is 1.13. The molecule has 1 aromatic carbocycles. The molecule has 2 N–H and O–H groups in total. The first-order valence-electron chi connectivity index (χ1n) is 5.03. The van der Waals surface area contributed by atoms with Gasteiger partial charge in [0.05, 0.1) is 0 Å². The van der Waals surface area contributed by atoms with Crippen molar-refractivity contribution in [1.29, 1.82) is 0 Å². The Bertz CT molecular complexity index is 503. The lowest BCUT2D eigenvalue weighted by Gasteiger charge is -2.25. The second-order valence-electron chi connectivity index (χ2n) is 4.09. The van der Waals surface area contributed by atoms with Crippen molar-refractivity contribution in [2.24, 2.45) is 0 Å². The molecule has 0 saturated heterocycles. The molecule has 0 bridgehead atoms. The summed E-state index contributed by atoms with van der Waals surface area (Å²) in [7, 11) is -4.59. The van der Waals surface area contributed by atoms with E-state index in [2.05, 4.69) is 6.58 Å². The van der Waals surface area contributed by atoms with Gasteiger partial charge in [-0.1, -0.05) is 29.8 Å². The van der Waals surface area contributed by atoms with E-state index in [1.165, 1.54) is 13.0 Å². The van der Waals surface area contributed by atoms with Crippen molar-refractivity contribution >= 4 is 13.4 Å². The lowest BCUT2D eigenvalue weighted by atomic mass is 9.97. The fraction of sp³-hybridized carbons (Fsp3) is 0.250. The van der Waals surface area contributed by atoms with Crippen molar-refractivity contribution in [2.75, 3.05) is 0 Å². The van der Waals surface area contributed by atoms with Gasteiger partial charge in [0.1, 0.15) is 5.16 Å². The number of rotatable bonds is 4. The number of aryl methyl sites for hydroxylation is 1. The second-order valence-corrected chi connectivity index (χ2v) is 6.11. The zero-order chi connectivity index (χ0) is 13.3. The molecule has 0 radical (unpaired) electrons. The number of hydrogen-bond acceptors (Lipinski definition) is 2. The lowest BCUT2D eigenvalue weighted by Crippen LogP contribution is -2.32. The molecule has 0 fully saturated rings. The van der Waals surface area contributed by atoms with Crippen LogP contribution in [0.3, 0.4) is 0 Å². The molecule has 0 heterocycles. The molecular formula is C12H15O4P. The van der Waals surface area contributed by atoms with Crippen LogP contribution < -0.4 is 0 Å². The summed E-state index contributed by atoms with van der Waals surface area (Å²) < 4.78 is 11.4. The summed E-state index contributed by atoms with van der Waals surface area (Å²) in [4.78, 5) is 30.6. The first kappa shape index (κ1) is 13.8. The van der Waals surface area contributed by atoms with Crippen LogP contribution in [0.4, 0.5) is 0 Å². The monoisotopic (exact) mass is 254 g/mol. The average Bonchev–Trinajstić information content (AvgIpc) is 2.25. The van der Waals surface area contributed by atoms with Crippen LogP contribution in [-0.4, -0.2) is 20.7 Å². The van der Waals surface area contributed by atoms with E-state index < -0.39 is 18.5 Å². The quantitative estimate of drug-likeness (QED) is 0.491. The van der Waals surface area contributed by atoms with E-state index in [1.807, 2.05) is 0 Å². The Labute approximate surface area is 100 Å². The molecule has 1 rings (SSSR count). The summed E-state index contributed by atoms with van der Waals surface area (Å²) >= 11 is 0. The maximum absolute atomic E-state index is 12.1. The SMILES string of the molecule is C=CC(C)(C(=O)c1cccc(C)c1)P(=O)(O)O. The largest absolute Gasteiger partial charge is 0.342 e. The predicted octanol–water partition coefficient (Wildman–Crippen LogP) is 2.30. The third-order valence-electron chi connectivity index (χ3n) is 2.74. The van der Waals surface area contributed by atoms with E-state index in [-0.39, 0.29) is 5.56 Å². The topological polar surface area (TPSA) is 74.6 Å². The Morgan fingerprint density at radius 3 is 2.47 bits per heavy atom. The molecule has 1 unspecified atom stereocenters. The van der Waals surface area contributed by atoms with Gasteiger partial charge in [-0.25, -0.2) is 0 Å². The van der Waals surface area contributed by atoms with Crippen LogP contribution in [0.15, 0.2) is 36.9 Å². The van der Waals surface area contributed by atoms with Gasteiger partial charge >= 0.3 is 7.60 Å². The Balaban J connectivity index is 3.29. The van der Waals surface area contributed by atoms with E-state index in [0.717, 1.165) is 11.6 Å². The summed E-state index contributed by atoms with van der Waals surface area (Å²) in [6.45, 7) is 6.36. The fourth-order valence-corrected chi connectivity index (χ4v) is 2.05. The smallest absolute Gasteiger partial charge is 0.324 e. The molecule has 0 amide bonds. The van der Waals surface area contributed by atoms with E-state index in [9.17, 15) is 19.1 Å². The molecule has 0 spiro atoms. The maximum atomic E-state index is 12.1. The van der Waals surface area contributed by atoms with E-state index in [0.29, 0.717) is 0 Å². The highest BCUT2D eigenvalue weighted by Crippen LogP contribution is 2.52. The molecule has 17 heavy (non-hydrogen) atoms.